The smallest absolute Gasteiger partial charge is 0.223 e. The maximum atomic E-state index is 4.74. The van der Waals surface area contributed by atoms with Crippen LogP contribution in [0.4, 0.5) is 5.95 Å². The molecular formula is C22H32N6. The minimum absolute atomic E-state index is 0.470. The molecule has 2 unspecified atom stereocenters. The summed E-state index contributed by atoms with van der Waals surface area (Å²) in [7, 11) is 2.22. The monoisotopic (exact) mass is 380 g/mol. The Kier molecular flexibility index (Phi) is 6.17. The van der Waals surface area contributed by atoms with Crippen LogP contribution in [-0.2, 0) is 0 Å². The Labute approximate surface area is 168 Å². The molecule has 6 heteroatoms. The van der Waals surface area contributed by atoms with Crippen molar-refractivity contribution >= 4 is 5.95 Å². The summed E-state index contributed by atoms with van der Waals surface area (Å²) in [6.07, 6.45) is 8.78. The van der Waals surface area contributed by atoms with E-state index < -0.39 is 0 Å². The number of aryl methyl sites for hydroxylation is 1. The molecule has 0 aromatic carbocycles. The minimum Gasteiger partial charge on any atom is -0.351 e. The van der Waals surface area contributed by atoms with Crippen molar-refractivity contribution < 1.29 is 0 Å². The molecule has 28 heavy (non-hydrogen) atoms. The number of anilines is 1. The molecule has 2 aliphatic rings. The van der Waals surface area contributed by atoms with Gasteiger partial charge in [-0.1, -0.05) is 6.42 Å². The number of nitrogens with zero attached hydrogens (tertiary/aromatic N) is 5. The molecule has 1 saturated carbocycles. The molecular weight excluding hydrogens is 348 g/mol. The lowest BCUT2D eigenvalue weighted by Gasteiger charge is -2.37. The van der Waals surface area contributed by atoms with Gasteiger partial charge in [0.25, 0.3) is 0 Å². The van der Waals surface area contributed by atoms with Gasteiger partial charge in [0.2, 0.25) is 5.95 Å². The van der Waals surface area contributed by atoms with Crippen molar-refractivity contribution in [2.75, 3.05) is 45.1 Å². The van der Waals surface area contributed by atoms with E-state index in [1.54, 1.807) is 0 Å². The Morgan fingerprint density at radius 2 is 1.93 bits per heavy atom. The highest BCUT2D eigenvalue weighted by atomic mass is 15.2. The first-order valence-corrected chi connectivity index (χ1v) is 10.6. The maximum absolute atomic E-state index is 4.74. The summed E-state index contributed by atoms with van der Waals surface area (Å²) in [5.74, 6) is 1.52. The fourth-order valence-corrected chi connectivity index (χ4v) is 4.37. The summed E-state index contributed by atoms with van der Waals surface area (Å²) in [4.78, 5) is 18.7. The van der Waals surface area contributed by atoms with Gasteiger partial charge in [-0.05, 0) is 57.4 Å². The normalized spacial score (nSPS) is 24.2. The van der Waals surface area contributed by atoms with E-state index >= 15 is 0 Å². The number of hydrogen-bond donors (Lipinski definition) is 1. The van der Waals surface area contributed by atoms with E-state index in [1.807, 2.05) is 31.5 Å². The average molecular weight is 381 g/mol. The zero-order valence-corrected chi connectivity index (χ0v) is 17.1. The summed E-state index contributed by atoms with van der Waals surface area (Å²) >= 11 is 0. The van der Waals surface area contributed by atoms with Gasteiger partial charge in [-0.15, -0.1) is 0 Å². The van der Waals surface area contributed by atoms with E-state index in [1.165, 1.54) is 58.4 Å². The fourth-order valence-electron chi connectivity index (χ4n) is 4.37. The fraction of sp³-hybridized carbons (Fsp3) is 0.591. The van der Waals surface area contributed by atoms with Crippen LogP contribution in [0.3, 0.4) is 0 Å². The number of aromatic nitrogens is 3. The molecule has 150 valence electrons. The van der Waals surface area contributed by atoms with Crippen molar-refractivity contribution in [3.63, 3.8) is 0 Å². The first kappa shape index (κ1) is 19.3. The molecule has 1 aliphatic carbocycles. The predicted octanol–water partition coefficient (Wildman–Crippen LogP) is 3.07. The average Bonchev–Trinajstić information content (AvgIpc) is 2.71. The van der Waals surface area contributed by atoms with E-state index in [-0.39, 0.29) is 0 Å². The van der Waals surface area contributed by atoms with Crippen molar-refractivity contribution in [3.8, 4) is 11.3 Å². The molecule has 1 saturated heterocycles. The largest absolute Gasteiger partial charge is 0.351 e. The van der Waals surface area contributed by atoms with Crippen LogP contribution in [0.15, 0.2) is 30.6 Å². The van der Waals surface area contributed by atoms with Gasteiger partial charge in [-0.3, -0.25) is 4.98 Å². The van der Waals surface area contributed by atoms with E-state index in [0.717, 1.165) is 28.8 Å². The molecule has 4 rings (SSSR count). The zero-order chi connectivity index (χ0) is 19.3. The second kappa shape index (κ2) is 8.97. The molecule has 1 N–H and O–H groups in total. The lowest BCUT2D eigenvalue weighted by atomic mass is 9.85. The molecule has 0 amide bonds. The molecule has 0 radical (unpaired) electrons. The van der Waals surface area contributed by atoms with Crippen molar-refractivity contribution in [2.24, 2.45) is 5.92 Å². The third-order valence-electron chi connectivity index (χ3n) is 6.09. The van der Waals surface area contributed by atoms with E-state index in [9.17, 15) is 0 Å². The van der Waals surface area contributed by atoms with Crippen LogP contribution < -0.4 is 5.32 Å². The Morgan fingerprint density at radius 3 is 2.71 bits per heavy atom. The molecule has 0 spiro atoms. The number of pyridine rings is 1. The Balaban J connectivity index is 1.35. The van der Waals surface area contributed by atoms with Crippen LogP contribution >= 0.6 is 0 Å². The molecule has 2 aromatic rings. The van der Waals surface area contributed by atoms with Gasteiger partial charge in [0, 0.05) is 62.4 Å². The molecule has 3 heterocycles. The van der Waals surface area contributed by atoms with Crippen molar-refractivity contribution in [2.45, 2.75) is 38.6 Å². The number of nitrogens with one attached hydrogen (secondary N) is 1. The zero-order valence-electron chi connectivity index (χ0n) is 17.1. The summed E-state index contributed by atoms with van der Waals surface area (Å²) < 4.78 is 0. The number of likely N-dealkylation sites (N-methyl/N-ethyl adjacent to an activating group) is 1. The van der Waals surface area contributed by atoms with Gasteiger partial charge >= 0.3 is 0 Å². The second-order valence-electron chi connectivity index (χ2n) is 8.43. The number of hydrogen-bond acceptors (Lipinski definition) is 6. The Morgan fingerprint density at radius 1 is 1.07 bits per heavy atom. The summed E-state index contributed by atoms with van der Waals surface area (Å²) in [5, 5.41) is 3.61. The standard InChI is InChI=1S/C22H32N6/c1-17-6-7-19(15-24-17)21-8-9-23-22(26-21)25-20-5-3-4-18(14-20)16-28-12-10-27(2)11-13-28/h6-9,15,18,20H,3-5,10-14,16H2,1-2H3,(H,23,25,26). The van der Waals surface area contributed by atoms with Crippen LogP contribution in [0.2, 0.25) is 0 Å². The Bertz CT molecular complexity index is 754. The van der Waals surface area contributed by atoms with Gasteiger partial charge < -0.3 is 15.1 Å². The van der Waals surface area contributed by atoms with Gasteiger partial charge in [0.1, 0.15) is 0 Å². The van der Waals surface area contributed by atoms with Crippen molar-refractivity contribution in [3.05, 3.63) is 36.3 Å². The first-order chi connectivity index (χ1) is 13.7. The van der Waals surface area contributed by atoms with Crippen LogP contribution in [0, 0.1) is 12.8 Å². The highest BCUT2D eigenvalue weighted by Gasteiger charge is 2.25. The topological polar surface area (TPSA) is 57.2 Å². The predicted molar refractivity (Wildman–Crippen MR) is 113 cm³/mol. The Hall–Kier alpha value is -2.05. The van der Waals surface area contributed by atoms with Crippen LogP contribution in [-0.4, -0.2) is 70.6 Å². The van der Waals surface area contributed by atoms with Crippen LogP contribution in [0.1, 0.15) is 31.4 Å². The van der Waals surface area contributed by atoms with Crippen LogP contribution in [0.25, 0.3) is 11.3 Å². The third kappa shape index (κ3) is 5.06. The molecule has 1 aliphatic heterocycles. The number of rotatable bonds is 5. The molecule has 6 nitrogen and oxygen atoms in total. The summed E-state index contributed by atoms with van der Waals surface area (Å²) in [6.45, 7) is 8.05. The third-order valence-corrected chi connectivity index (χ3v) is 6.09. The summed E-state index contributed by atoms with van der Waals surface area (Å²) in [6, 6.07) is 6.52. The van der Waals surface area contributed by atoms with E-state index in [0.29, 0.717) is 6.04 Å². The highest BCUT2D eigenvalue weighted by Crippen LogP contribution is 2.27. The van der Waals surface area contributed by atoms with Crippen LogP contribution in [0.5, 0.6) is 0 Å². The quantitative estimate of drug-likeness (QED) is 0.860. The van der Waals surface area contributed by atoms with Gasteiger partial charge in [0.05, 0.1) is 5.69 Å². The second-order valence-corrected chi connectivity index (χ2v) is 8.43. The molecule has 2 fully saturated rings. The summed E-state index contributed by atoms with van der Waals surface area (Å²) in [5.41, 5.74) is 2.98. The van der Waals surface area contributed by atoms with Gasteiger partial charge in [-0.2, -0.15) is 0 Å². The molecule has 0 bridgehead atoms. The lowest BCUT2D eigenvalue weighted by Crippen LogP contribution is -2.47. The van der Waals surface area contributed by atoms with Gasteiger partial charge in [0.15, 0.2) is 0 Å². The minimum atomic E-state index is 0.470. The maximum Gasteiger partial charge on any atom is 0.223 e. The lowest BCUT2D eigenvalue weighted by molar-refractivity contribution is 0.124. The molecule has 2 aromatic heterocycles. The van der Waals surface area contributed by atoms with E-state index in [2.05, 4.69) is 38.2 Å². The van der Waals surface area contributed by atoms with Gasteiger partial charge in [-0.25, -0.2) is 9.97 Å². The highest BCUT2D eigenvalue weighted by molar-refractivity contribution is 5.58. The number of piperazine rings is 1. The van der Waals surface area contributed by atoms with Crippen molar-refractivity contribution in [1.29, 1.82) is 0 Å². The first-order valence-electron chi connectivity index (χ1n) is 10.6. The SMILES string of the molecule is Cc1ccc(-c2ccnc(NC3CCCC(CN4CCN(C)CC4)C3)n2)cn1. The molecule has 2 atom stereocenters. The van der Waals surface area contributed by atoms with E-state index in [4.69, 9.17) is 4.98 Å². The van der Waals surface area contributed by atoms with Crippen molar-refractivity contribution in [1.82, 2.24) is 24.8 Å².